The van der Waals surface area contributed by atoms with Crippen molar-refractivity contribution in [3.05, 3.63) is 75.3 Å². The molecule has 198 valence electrons. The zero-order chi connectivity index (χ0) is 27.7. The van der Waals surface area contributed by atoms with Gasteiger partial charge in [0.25, 0.3) is 0 Å². The molecule has 0 amide bonds. The fourth-order valence-corrected chi connectivity index (χ4v) is 3.65. The van der Waals surface area contributed by atoms with Crippen molar-refractivity contribution in [3.8, 4) is 28.7 Å². The van der Waals surface area contributed by atoms with Gasteiger partial charge in [0.2, 0.25) is 5.75 Å². The van der Waals surface area contributed by atoms with Crippen LogP contribution < -0.4 is 23.7 Å². The van der Waals surface area contributed by atoms with E-state index in [-0.39, 0.29) is 29.2 Å². The Hall–Kier alpha value is -4.86. The van der Waals surface area contributed by atoms with E-state index >= 15 is 0 Å². The number of benzene rings is 3. The molecule has 0 saturated heterocycles. The number of carbonyl (C=O) groups is 1. The SMILES string of the molecule is COc1ccc(/C=C\c2cc(OC)c(OC)c(OC)c2)cc1N=CCC(=O)c1ccc(OC)c([N+](=O)[O-])c1. The van der Waals surface area contributed by atoms with Crippen molar-refractivity contribution in [2.75, 3.05) is 35.5 Å². The first-order valence-corrected chi connectivity index (χ1v) is 11.4. The van der Waals surface area contributed by atoms with Crippen LogP contribution in [0.15, 0.2) is 53.5 Å². The molecule has 0 aromatic heterocycles. The Morgan fingerprint density at radius 1 is 0.789 bits per heavy atom. The van der Waals surface area contributed by atoms with Gasteiger partial charge in [-0.3, -0.25) is 19.9 Å². The second-order valence-corrected chi connectivity index (χ2v) is 7.81. The molecule has 0 aliphatic rings. The van der Waals surface area contributed by atoms with Crippen molar-refractivity contribution in [2.45, 2.75) is 6.42 Å². The Morgan fingerprint density at radius 3 is 1.97 bits per heavy atom. The van der Waals surface area contributed by atoms with Gasteiger partial charge in [-0.2, -0.15) is 0 Å². The van der Waals surface area contributed by atoms with Crippen LogP contribution in [0.5, 0.6) is 28.7 Å². The number of nitro groups is 1. The van der Waals surface area contributed by atoms with E-state index in [9.17, 15) is 14.9 Å². The summed E-state index contributed by atoms with van der Waals surface area (Å²) in [6, 6.07) is 13.2. The maximum Gasteiger partial charge on any atom is 0.311 e. The number of ether oxygens (including phenoxy) is 5. The van der Waals surface area contributed by atoms with Crippen LogP contribution in [0.25, 0.3) is 12.2 Å². The molecule has 10 heteroatoms. The van der Waals surface area contributed by atoms with E-state index in [1.165, 1.54) is 38.6 Å². The summed E-state index contributed by atoms with van der Waals surface area (Å²) in [7, 11) is 7.52. The third-order valence-electron chi connectivity index (χ3n) is 5.56. The molecular weight excluding hydrogens is 492 g/mol. The highest BCUT2D eigenvalue weighted by Crippen LogP contribution is 2.39. The van der Waals surface area contributed by atoms with Gasteiger partial charge in [-0.15, -0.1) is 0 Å². The van der Waals surface area contributed by atoms with E-state index < -0.39 is 4.92 Å². The minimum atomic E-state index is -0.592. The van der Waals surface area contributed by atoms with Crippen LogP contribution in [-0.4, -0.2) is 52.5 Å². The lowest BCUT2D eigenvalue weighted by molar-refractivity contribution is -0.385. The molecule has 0 atom stereocenters. The van der Waals surface area contributed by atoms with Crippen LogP contribution in [0, 0.1) is 10.1 Å². The lowest BCUT2D eigenvalue weighted by Crippen LogP contribution is -2.02. The van der Waals surface area contributed by atoms with Gasteiger partial charge < -0.3 is 23.7 Å². The lowest BCUT2D eigenvalue weighted by atomic mass is 10.1. The van der Waals surface area contributed by atoms with Crippen LogP contribution in [0.1, 0.15) is 27.9 Å². The maximum absolute atomic E-state index is 12.6. The predicted molar refractivity (Wildman–Crippen MR) is 145 cm³/mol. The summed E-state index contributed by atoms with van der Waals surface area (Å²) in [5.74, 6) is 1.88. The van der Waals surface area contributed by atoms with E-state index in [0.29, 0.717) is 28.7 Å². The Labute approximate surface area is 220 Å². The molecule has 10 nitrogen and oxygen atoms in total. The van der Waals surface area contributed by atoms with Gasteiger partial charge in [0.05, 0.1) is 40.5 Å². The number of hydrogen-bond acceptors (Lipinski definition) is 9. The number of hydrogen-bond donors (Lipinski definition) is 0. The fraction of sp³-hybridized carbons (Fsp3) is 0.214. The molecule has 38 heavy (non-hydrogen) atoms. The summed E-state index contributed by atoms with van der Waals surface area (Å²) in [6.07, 6.45) is 5.17. The first-order chi connectivity index (χ1) is 18.3. The summed E-state index contributed by atoms with van der Waals surface area (Å²) in [6.45, 7) is 0. The maximum atomic E-state index is 12.6. The number of nitro benzene ring substituents is 1. The van der Waals surface area contributed by atoms with Crippen LogP contribution in [0.2, 0.25) is 0 Å². The third-order valence-corrected chi connectivity index (χ3v) is 5.56. The normalized spacial score (nSPS) is 11.0. The summed E-state index contributed by atoms with van der Waals surface area (Å²) in [4.78, 5) is 27.7. The van der Waals surface area contributed by atoms with Gasteiger partial charge >= 0.3 is 5.69 Å². The first-order valence-electron chi connectivity index (χ1n) is 11.4. The highest BCUT2D eigenvalue weighted by atomic mass is 16.6. The molecule has 0 N–H and O–H groups in total. The molecule has 0 heterocycles. The number of rotatable bonds is 12. The van der Waals surface area contributed by atoms with Gasteiger partial charge in [-0.05, 0) is 47.5 Å². The minimum Gasteiger partial charge on any atom is -0.494 e. The average Bonchev–Trinajstić information content (AvgIpc) is 2.94. The Bertz CT molecular complexity index is 1360. The number of Topliss-reactive ketones (excluding diaryl/α,β-unsaturated/α-hetero) is 1. The van der Waals surface area contributed by atoms with Gasteiger partial charge in [-0.1, -0.05) is 18.2 Å². The second kappa shape index (κ2) is 12.9. The zero-order valence-electron chi connectivity index (χ0n) is 21.7. The fourth-order valence-electron chi connectivity index (χ4n) is 3.65. The number of nitrogens with zero attached hydrogens (tertiary/aromatic N) is 2. The molecule has 0 unspecified atom stereocenters. The molecule has 0 fully saturated rings. The number of ketones is 1. The first kappa shape index (κ1) is 27.7. The van der Waals surface area contributed by atoms with Gasteiger partial charge in [0.1, 0.15) is 11.4 Å². The third kappa shape index (κ3) is 6.47. The molecule has 0 aliphatic heterocycles. The molecule has 0 aliphatic carbocycles. The highest BCUT2D eigenvalue weighted by molar-refractivity contribution is 6.04. The molecule has 3 aromatic rings. The monoisotopic (exact) mass is 520 g/mol. The topological polar surface area (TPSA) is 119 Å². The number of carbonyl (C=O) groups excluding carboxylic acids is 1. The molecular formula is C28H28N2O8. The Morgan fingerprint density at radius 2 is 1.39 bits per heavy atom. The van der Waals surface area contributed by atoms with Gasteiger partial charge in [0, 0.05) is 24.3 Å². The largest absolute Gasteiger partial charge is 0.494 e. The van der Waals surface area contributed by atoms with Crippen LogP contribution in [0.3, 0.4) is 0 Å². The van der Waals surface area contributed by atoms with Gasteiger partial charge in [0.15, 0.2) is 23.0 Å². The van der Waals surface area contributed by atoms with Crippen LogP contribution >= 0.6 is 0 Å². The molecule has 0 saturated carbocycles. The van der Waals surface area contributed by atoms with Crippen molar-refractivity contribution >= 4 is 35.5 Å². The Balaban J connectivity index is 1.81. The van der Waals surface area contributed by atoms with Crippen molar-refractivity contribution in [1.82, 2.24) is 0 Å². The summed E-state index contributed by atoms with van der Waals surface area (Å²) in [5, 5.41) is 11.2. The standard InChI is InChI=1S/C28H28N2O8/c1-34-24-10-8-18(6-7-19-15-26(36-3)28(38-5)27(16-19)37-4)14-21(24)29-13-12-23(31)20-9-11-25(35-2)22(17-20)30(32)33/h6-11,13-17H,12H2,1-5H3/b7-6-,29-13?. The van der Waals surface area contributed by atoms with E-state index in [2.05, 4.69) is 4.99 Å². The summed E-state index contributed by atoms with van der Waals surface area (Å²) < 4.78 is 26.6. The second-order valence-electron chi connectivity index (χ2n) is 7.81. The quantitative estimate of drug-likeness (QED) is 0.0969. The number of aliphatic imine (C=N–C) groups is 1. The molecule has 0 spiro atoms. The molecule has 3 aromatic carbocycles. The average molecular weight is 521 g/mol. The zero-order valence-corrected chi connectivity index (χ0v) is 21.7. The Kier molecular flexibility index (Phi) is 9.42. The van der Waals surface area contributed by atoms with Crippen molar-refractivity contribution in [3.63, 3.8) is 0 Å². The van der Waals surface area contributed by atoms with Crippen LogP contribution in [-0.2, 0) is 0 Å². The molecule has 0 radical (unpaired) electrons. The highest BCUT2D eigenvalue weighted by Gasteiger charge is 2.18. The van der Waals surface area contributed by atoms with Crippen molar-refractivity contribution in [1.29, 1.82) is 0 Å². The minimum absolute atomic E-state index is 0.0574. The predicted octanol–water partition coefficient (Wildman–Crippen LogP) is 5.78. The van der Waals surface area contributed by atoms with E-state index in [4.69, 9.17) is 23.7 Å². The molecule has 3 rings (SSSR count). The van der Waals surface area contributed by atoms with E-state index in [0.717, 1.165) is 11.1 Å². The van der Waals surface area contributed by atoms with Crippen molar-refractivity contribution in [2.24, 2.45) is 4.99 Å². The number of methoxy groups -OCH3 is 5. The summed E-state index contributed by atoms with van der Waals surface area (Å²) >= 11 is 0. The summed E-state index contributed by atoms with van der Waals surface area (Å²) in [5.41, 5.74) is 2.11. The van der Waals surface area contributed by atoms with Crippen molar-refractivity contribution < 1.29 is 33.4 Å². The smallest absolute Gasteiger partial charge is 0.311 e. The molecule has 0 bridgehead atoms. The lowest BCUT2D eigenvalue weighted by Gasteiger charge is -2.12. The van der Waals surface area contributed by atoms with E-state index in [1.54, 1.807) is 27.4 Å². The van der Waals surface area contributed by atoms with Crippen LogP contribution in [0.4, 0.5) is 11.4 Å². The van der Waals surface area contributed by atoms with E-state index in [1.807, 2.05) is 36.4 Å². The van der Waals surface area contributed by atoms with Gasteiger partial charge in [-0.25, -0.2) is 0 Å².